The normalized spacial score (nSPS) is 21.5. The second kappa shape index (κ2) is 6.54. The lowest BCUT2D eigenvalue weighted by molar-refractivity contribution is -0.119. The fraction of sp³-hybridized carbons (Fsp3) is 0.385. The summed E-state index contributed by atoms with van der Waals surface area (Å²) in [6.45, 7) is 0. The van der Waals surface area contributed by atoms with Crippen LogP contribution in [0, 0.1) is 5.92 Å². The van der Waals surface area contributed by atoms with Crippen molar-refractivity contribution in [2.45, 2.75) is 25.3 Å². The predicted octanol–water partition coefficient (Wildman–Crippen LogP) is 1.27. The predicted molar refractivity (Wildman–Crippen MR) is 76.2 cm³/mol. The number of nitrogens with two attached hydrogens (primary N) is 2. The van der Waals surface area contributed by atoms with Crippen molar-refractivity contribution in [1.82, 2.24) is 0 Å². The van der Waals surface area contributed by atoms with Gasteiger partial charge in [-0.1, -0.05) is 0 Å². The Labute approximate surface area is 118 Å². The van der Waals surface area contributed by atoms with Crippen LogP contribution in [0.5, 0.6) is 0 Å². The maximum absolute atomic E-state index is 11.9. The number of hydrogen-bond donors (Lipinski definition) is 3. The summed E-state index contributed by atoms with van der Waals surface area (Å²) in [5.41, 5.74) is 12.0. The molecule has 1 aromatic rings. The van der Waals surface area contributed by atoms with Crippen LogP contribution in [-0.2, 0) is 4.79 Å². The molecular formula is C13H18ClN3O2. The Morgan fingerprint density at radius 2 is 1.79 bits per heavy atom. The van der Waals surface area contributed by atoms with E-state index >= 15 is 0 Å². The molecule has 5 N–H and O–H groups in total. The molecule has 2 unspecified atom stereocenters. The highest BCUT2D eigenvalue weighted by Crippen LogP contribution is 2.25. The van der Waals surface area contributed by atoms with E-state index in [1.54, 1.807) is 24.3 Å². The van der Waals surface area contributed by atoms with E-state index in [0.29, 0.717) is 11.3 Å². The third kappa shape index (κ3) is 3.94. The second-order valence-electron chi connectivity index (χ2n) is 4.70. The number of primary amides is 1. The van der Waals surface area contributed by atoms with E-state index in [1.165, 1.54) is 0 Å². The molecule has 1 aliphatic rings. The van der Waals surface area contributed by atoms with Crippen LogP contribution in [0.2, 0.25) is 0 Å². The quantitative estimate of drug-likeness (QED) is 0.779. The van der Waals surface area contributed by atoms with Gasteiger partial charge in [-0.2, -0.15) is 0 Å². The lowest BCUT2D eigenvalue weighted by Crippen LogP contribution is -2.23. The smallest absolute Gasteiger partial charge is 0.248 e. The van der Waals surface area contributed by atoms with Crippen molar-refractivity contribution in [3.63, 3.8) is 0 Å². The molecule has 0 spiro atoms. The molecule has 2 atom stereocenters. The molecule has 0 aliphatic heterocycles. The monoisotopic (exact) mass is 283 g/mol. The van der Waals surface area contributed by atoms with Crippen molar-refractivity contribution < 1.29 is 9.59 Å². The van der Waals surface area contributed by atoms with Crippen LogP contribution in [-0.4, -0.2) is 17.9 Å². The number of nitrogens with one attached hydrogen (secondary N) is 1. The first-order chi connectivity index (χ1) is 8.56. The van der Waals surface area contributed by atoms with Gasteiger partial charge in [-0.05, 0) is 43.5 Å². The summed E-state index contributed by atoms with van der Waals surface area (Å²) in [4.78, 5) is 22.8. The van der Waals surface area contributed by atoms with E-state index in [2.05, 4.69) is 5.32 Å². The van der Waals surface area contributed by atoms with E-state index < -0.39 is 5.91 Å². The molecule has 0 saturated heterocycles. The molecule has 1 saturated carbocycles. The molecule has 0 aromatic heterocycles. The minimum Gasteiger partial charge on any atom is -0.366 e. The van der Waals surface area contributed by atoms with Crippen LogP contribution in [0.1, 0.15) is 29.6 Å². The Bertz CT molecular complexity index is 461. The van der Waals surface area contributed by atoms with Crippen LogP contribution < -0.4 is 16.8 Å². The summed E-state index contributed by atoms with van der Waals surface area (Å²) in [7, 11) is 0. The van der Waals surface area contributed by atoms with Crippen molar-refractivity contribution in [2.24, 2.45) is 17.4 Å². The molecular weight excluding hydrogens is 266 g/mol. The van der Waals surface area contributed by atoms with Gasteiger partial charge in [0.05, 0.1) is 0 Å². The van der Waals surface area contributed by atoms with E-state index in [4.69, 9.17) is 11.5 Å². The highest BCUT2D eigenvalue weighted by Gasteiger charge is 2.27. The Hall–Kier alpha value is -1.59. The maximum Gasteiger partial charge on any atom is 0.248 e. The standard InChI is InChI=1S/C13H17N3O2.ClH/c14-10-4-1-9(7-10)13(18)16-11-5-2-8(3-6-11)12(15)17;/h2-3,5-6,9-10H,1,4,7,14H2,(H2,15,17)(H,16,18);1H. The van der Waals surface area contributed by atoms with Gasteiger partial charge in [-0.3, -0.25) is 9.59 Å². The average molecular weight is 284 g/mol. The second-order valence-corrected chi connectivity index (χ2v) is 4.70. The first-order valence-electron chi connectivity index (χ1n) is 6.02. The first kappa shape index (κ1) is 15.5. The number of amides is 2. The fourth-order valence-electron chi connectivity index (χ4n) is 2.22. The highest BCUT2D eigenvalue weighted by molar-refractivity contribution is 5.95. The molecule has 104 valence electrons. The third-order valence-corrected chi connectivity index (χ3v) is 3.28. The van der Waals surface area contributed by atoms with Crippen LogP contribution >= 0.6 is 12.4 Å². The van der Waals surface area contributed by atoms with Gasteiger partial charge in [0.2, 0.25) is 11.8 Å². The van der Waals surface area contributed by atoms with Crippen LogP contribution in [0.4, 0.5) is 5.69 Å². The summed E-state index contributed by atoms with van der Waals surface area (Å²) in [5.74, 6) is -0.486. The maximum atomic E-state index is 11.9. The lowest BCUT2D eigenvalue weighted by Gasteiger charge is -2.10. The molecule has 2 rings (SSSR count). The van der Waals surface area contributed by atoms with Gasteiger partial charge in [0.15, 0.2) is 0 Å². The zero-order chi connectivity index (χ0) is 13.1. The number of hydrogen-bond acceptors (Lipinski definition) is 3. The van der Waals surface area contributed by atoms with E-state index in [0.717, 1.165) is 19.3 Å². The molecule has 1 aromatic carbocycles. The first-order valence-corrected chi connectivity index (χ1v) is 6.02. The molecule has 6 heteroatoms. The van der Waals surface area contributed by atoms with Gasteiger partial charge < -0.3 is 16.8 Å². The van der Waals surface area contributed by atoms with Gasteiger partial charge in [0.25, 0.3) is 0 Å². The van der Waals surface area contributed by atoms with Crippen LogP contribution in [0.3, 0.4) is 0 Å². The number of anilines is 1. The Balaban J connectivity index is 0.00000180. The van der Waals surface area contributed by atoms with Crippen LogP contribution in [0.25, 0.3) is 0 Å². The number of carbonyl (C=O) groups excluding carboxylic acids is 2. The van der Waals surface area contributed by atoms with Gasteiger partial charge in [-0.15, -0.1) is 12.4 Å². The largest absolute Gasteiger partial charge is 0.366 e. The zero-order valence-corrected chi connectivity index (χ0v) is 11.3. The molecule has 0 heterocycles. The number of benzene rings is 1. The van der Waals surface area contributed by atoms with Crippen molar-refractivity contribution in [2.75, 3.05) is 5.32 Å². The van der Waals surface area contributed by atoms with E-state index in [1.807, 2.05) is 0 Å². The average Bonchev–Trinajstić information content (AvgIpc) is 2.76. The molecule has 2 amide bonds. The lowest BCUT2D eigenvalue weighted by atomic mass is 10.1. The third-order valence-electron chi connectivity index (χ3n) is 3.28. The van der Waals surface area contributed by atoms with Crippen molar-refractivity contribution >= 4 is 29.9 Å². The zero-order valence-electron chi connectivity index (χ0n) is 10.5. The van der Waals surface area contributed by atoms with Crippen molar-refractivity contribution in [3.8, 4) is 0 Å². The number of rotatable bonds is 3. The summed E-state index contributed by atoms with van der Waals surface area (Å²) in [5, 5.41) is 2.82. The molecule has 5 nitrogen and oxygen atoms in total. The Morgan fingerprint density at radius 1 is 1.16 bits per heavy atom. The van der Waals surface area contributed by atoms with Gasteiger partial charge in [0, 0.05) is 23.2 Å². The van der Waals surface area contributed by atoms with E-state index in [-0.39, 0.29) is 30.3 Å². The molecule has 19 heavy (non-hydrogen) atoms. The summed E-state index contributed by atoms with van der Waals surface area (Å²) in [6.07, 6.45) is 2.48. The SMILES string of the molecule is Cl.NC(=O)c1ccc(NC(=O)C2CCC(N)C2)cc1. The van der Waals surface area contributed by atoms with Gasteiger partial charge >= 0.3 is 0 Å². The molecule has 1 aliphatic carbocycles. The topological polar surface area (TPSA) is 98.2 Å². The fourth-order valence-corrected chi connectivity index (χ4v) is 2.22. The van der Waals surface area contributed by atoms with Crippen molar-refractivity contribution in [3.05, 3.63) is 29.8 Å². The highest BCUT2D eigenvalue weighted by atomic mass is 35.5. The van der Waals surface area contributed by atoms with Crippen molar-refractivity contribution in [1.29, 1.82) is 0 Å². The minimum absolute atomic E-state index is 0. The Morgan fingerprint density at radius 3 is 2.26 bits per heavy atom. The van der Waals surface area contributed by atoms with Gasteiger partial charge in [-0.25, -0.2) is 0 Å². The minimum atomic E-state index is -0.477. The summed E-state index contributed by atoms with van der Waals surface area (Å²) < 4.78 is 0. The molecule has 1 fully saturated rings. The summed E-state index contributed by atoms with van der Waals surface area (Å²) in [6, 6.07) is 6.68. The van der Waals surface area contributed by atoms with Crippen LogP contribution in [0.15, 0.2) is 24.3 Å². The van der Waals surface area contributed by atoms with E-state index in [9.17, 15) is 9.59 Å². The number of carbonyl (C=O) groups is 2. The molecule has 0 radical (unpaired) electrons. The summed E-state index contributed by atoms with van der Waals surface area (Å²) >= 11 is 0. The number of halogens is 1. The Kier molecular flexibility index (Phi) is 5.32. The van der Waals surface area contributed by atoms with Gasteiger partial charge in [0.1, 0.15) is 0 Å². The molecule has 0 bridgehead atoms.